The number of hydrogen-bond acceptors (Lipinski definition) is 2. The molecule has 0 atom stereocenters. The first-order valence-electron chi connectivity index (χ1n) is 6.97. The third kappa shape index (κ3) is 4.23. The summed E-state index contributed by atoms with van der Waals surface area (Å²) in [6, 6.07) is 12.2. The van der Waals surface area contributed by atoms with Crippen molar-refractivity contribution in [2.45, 2.75) is 33.2 Å². The van der Waals surface area contributed by atoms with E-state index in [-0.39, 0.29) is 5.91 Å². The van der Waals surface area contributed by atoms with E-state index in [1.54, 1.807) is 0 Å². The van der Waals surface area contributed by atoms with Gasteiger partial charge in [-0.15, -0.1) is 0 Å². The molecule has 0 aliphatic heterocycles. The molecule has 0 radical (unpaired) electrons. The third-order valence-electron chi connectivity index (χ3n) is 3.23. The van der Waals surface area contributed by atoms with Crippen molar-refractivity contribution in [3.63, 3.8) is 0 Å². The Morgan fingerprint density at radius 1 is 1.25 bits per heavy atom. The van der Waals surface area contributed by atoms with Gasteiger partial charge in [0.05, 0.1) is 5.69 Å². The Labute approximate surface area is 119 Å². The van der Waals surface area contributed by atoms with Gasteiger partial charge in [-0.2, -0.15) is 5.10 Å². The molecule has 1 aromatic heterocycles. The van der Waals surface area contributed by atoms with E-state index in [1.165, 1.54) is 5.56 Å². The van der Waals surface area contributed by atoms with E-state index in [0.29, 0.717) is 19.5 Å². The van der Waals surface area contributed by atoms with Crippen LogP contribution in [0.4, 0.5) is 0 Å². The third-order valence-corrected chi connectivity index (χ3v) is 3.23. The lowest BCUT2D eigenvalue weighted by atomic mass is 10.1. The monoisotopic (exact) mass is 271 g/mol. The Kier molecular flexibility index (Phi) is 4.93. The minimum Gasteiger partial charge on any atom is -0.356 e. The van der Waals surface area contributed by atoms with Gasteiger partial charge in [-0.25, -0.2) is 0 Å². The molecule has 1 aromatic carbocycles. The van der Waals surface area contributed by atoms with Crippen LogP contribution in [0.2, 0.25) is 0 Å². The SMILES string of the molecule is Cc1cc(C)n(CCC(=O)NCCc2ccccc2)n1. The molecule has 0 aliphatic rings. The van der Waals surface area contributed by atoms with Crippen LogP contribution >= 0.6 is 0 Å². The minimum atomic E-state index is 0.0773. The maximum absolute atomic E-state index is 11.8. The zero-order valence-electron chi connectivity index (χ0n) is 12.1. The lowest BCUT2D eigenvalue weighted by Crippen LogP contribution is -2.26. The second-order valence-electron chi connectivity index (χ2n) is 4.99. The summed E-state index contributed by atoms with van der Waals surface area (Å²) in [7, 11) is 0. The molecular formula is C16H21N3O. The Morgan fingerprint density at radius 2 is 2.00 bits per heavy atom. The van der Waals surface area contributed by atoms with Crippen molar-refractivity contribution in [2.24, 2.45) is 0 Å². The molecule has 2 rings (SSSR count). The van der Waals surface area contributed by atoms with Gasteiger partial charge in [0.15, 0.2) is 0 Å². The molecule has 1 amide bonds. The zero-order chi connectivity index (χ0) is 14.4. The summed E-state index contributed by atoms with van der Waals surface area (Å²) in [6.07, 6.45) is 1.34. The first-order chi connectivity index (χ1) is 9.65. The van der Waals surface area contributed by atoms with Crippen LogP contribution in [0.3, 0.4) is 0 Å². The van der Waals surface area contributed by atoms with Crippen LogP contribution < -0.4 is 5.32 Å². The summed E-state index contributed by atoms with van der Waals surface area (Å²) in [5, 5.41) is 7.29. The van der Waals surface area contributed by atoms with Crippen LogP contribution in [-0.2, 0) is 17.8 Å². The molecular weight excluding hydrogens is 250 g/mol. The molecule has 2 aromatic rings. The predicted molar refractivity (Wildman–Crippen MR) is 79.5 cm³/mol. The van der Waals surface area contributed by atoms with Crippen molar-refractivity contribution in [1.82, 2.24) is 15.1 Å². The Morgan fingerprint density at radius 3 is 2.65 bits per heavy atom. The van der Waals surface area contributed by atoms with Crippen molar-refractivity contribution < 1.29 is 4.79 Å². The predicted octanol–water partition coefficient (Wildman–Crippen LogP) is 2.25. The number of nitrogens with zero attached hydrogens (tertiary/aromatic N) is 2. The van der Waals surface area contributed by atoms with Crippen molar-refractivity contribution in [3.8, 4) is 0 Å². The highest BCUT2D eigenvalue weighted by atomic mass is 16.1. The van der Waals surface area contributed by atoms with Gasteiger partial charge >= 0.3 is 0 Å². The van der Waals surface area contributed by atoms with Gasteiger partial charge in [-0.1, -0.05) is 30.3 Å². The second-order valence-corrected chi connectivity index (χ2v) is 4.99. The highest BCUT2D eigenvalue weighted by molar-refractivity contribution is 5.75. The van der Waals surface area contributed by atoms with Crippen LogP contribution in [0.1, 0.15) is 23.4 Å². The summed E-state index contributed by atoms with van der Waals surface area (Å²) in [5.41, 5.74) is 3.33. The molecule has 0 unspecified atom stereocenters. The van der Waals surface area contributed by atoms with Crippen LogP contribution in [0.5, 0.6) is 0 Å². The number of rotatable bonds is 6. The molecule has 0 spiro atoms. The van der Waals surface area contributed by atoms with E-state index in [9.17, 15) is 4.79 Å². The number of carbonyl (C=O) groups excluding carboxylic acids is 1. The second kappa shape index (κ2) is 6.89. The van der Waals surface area contributed by atoms with Gasteiger partial charge < -0.3 is 5.32 Å². The number of amides is 1. The molecule has 0 saturated heterocycles. The van der Waals surface area contributed by atoms with Crippen LogP contribution in [0.25, 0.3) is 0 Å². The molecule has 0 bridgehead atoms. The smallest absolute Gasteiger partial charge is 0.221 e. The number of hydrogen-bond donors (Lipinski definition) is 1. The summed E-state index contributed by atoms with van der Waals surface area (Å²) in [5.74, 6) is 0.0773. The highest BCUT2D eigenvalue weighted by Crippen LogP contribution is 2.02. The molecule has 20 heavy (non-hydrogen) atoms. The topological polar surface area (TPSA) is 46.9 Å². The Balaban J connectivity index is 1.69. The van der Waals surface area contributed by atoms with Crippen LogP contribution in [0, 0.1) is 13.8 Å². The minimum absolute atomic E-state index is 0.0773. The standard InChI is InChI=1S/C16H21N3O/c1-13-12-14(2)19(18-13)11-9-16(20)17-10-8-15-6-4-3-5-7-15/h3-7,12H,8-11H2,1-2H3,(H,17,20). The van der Waals surface area contributed by atoms with Gasteiger partial charge in [0.2, 0.25) is 5.91 Å². The lowest BCUT2D eigenvalue weighted by Gasteiger charge is -2.06. The average molecular weight is 271 g/mol. The van der Waals surface area contributed by atoms with E-state index < -0.39 is 0 Å². The van der Waals surface area contributed by atoms with Gasteiger partial charge in [0.1, 0.15) is 0 Å². The van der Waals surface area contributed by atoms with Crippen LogP contribution in [0.15, 0.2) is 36.4 Å². The van der Waals surface area contributed by atoms with E-state index in [1.807, 2.05) is 42.8 Å². The number of carbonyl (C=O) groups is 1. The number of nitrogens with one attached hydrogen (secondary N) is 1. The Bertz CT molecular complexity index is 560. The van der Waals surface area contributed by atoms with Gasteiger partial charge in [0.25, 0.3) is 0 Å². The van der Waals surface area contributed by atoms with Gasteiger partial charge in [-0.3, -0.25) is 9.48 Å². The molecule has 4 heteroatoms. The fourth-order valence-electron chi connectivity index (χ4n) is 2.19. The summed E-state index contributed by atoms with van der Waals surface area (Å²) in [6.45, 7) is 5.29. The molecule has 0 saturated carbocycles. The largest absolute Gasteiger partial charge is 0.356 e. The highest BCUT2D eigenvalue weighted by Gasteiger charge is 2.05. The molecule has 1 N–H and O–H groups in total. The molecule has 1 heterocycles. The zero-order valence-corrected chi connectivity index (χ0v) is 12.1. The first-order valence-corrected chi connectivity index (χ1v) is 6.97. The maximum atomic E-state index is 11.8. The van der Waals surface area contributed by atoms with Gasteiger partial charge in [-0.05, 0) is 31.9 Å². The molecule has 0 aliphatic carbocycles. The normalized spacial score (nSPS) is 10.5. The summed E-state index contributed by atoms with van der Waals surface area (Å²) >= 11 is 0. The fraction of sp³-hybridized carbons (Fsp3) is 0.375. The van der Waals surface area contributed by atoms with E-state index in [2.05, 4.69) is 22.5 Å². The molecule has 4 nitrogen and oxygen atoms in total. The van der Waals surface area contributed by atoms with Crippen LogP contribution in [-0.4, -0.2) is 22.2 Å². The van der Waals surface area contributed by atoms with Crippen molar-refractivity contribution in [3.05, 3.63) is 53.3 Å². The summed E-state index contributed by atoms with van der Waals surface area (Å²) < 4.78 is 1.88. The maximum Gasteiger partial charge on any atom is 0.221 e. The summed E-state index contributed by atoms with van der Waals surface area (Å²) in [4.78, 5) is 11.8. The fourth-order valence-corrected chi connectivity index (χ4v) is 2.19. The van der Waals surface area contributed by atoms with Crippen molar-refractivity contribution >= 4 is 5.91 Å². The van der Waals surface area contributed by atoms with E-state index in [0.717, 1.165) is 17.8 Å². The molecule has 106 valence electrons. The van der Waals surface area contributed by atoms with Crippen molar-refractivity contribution in [1.29, 1.82) is 0 Å². The quantitative estimate of drug-likeness (QED) is 0.876. The Hall–Kier alpha value is -2.10. The number of aryl methyl sites for hydroxylation is 3. The first kappa shape index (κ1) is 14.3. The lowest BCUT2D eigenvalue weighted by molar-refractivity contribution is -0.121. The van der Waals surface area contributed by atoms with E-state index >= 15 is 0 Å². The average Bonchev–Trinajstić information content (AvgIpc) is 2.76. The number of benzene rings is 1. The number of aromatic nitrogens is 2. The molecule has 0 fully saturated rings. The van der Waals surface area contributed by atoms with Crippen molar-refractivity contribution in [2.75, 3.05) is 6.54 Å². The van der Waals surface area contributed by atoms with E-state index in [4.69, 9.17) is 0 Å². The van der Waals surface area contributed by atoms with Gasteiger partial charge in [0, 0.05) is 25.2 Å².